The first-order valence-corrected chi connectivity index (χ1v) is 3.85. The monoisotopic (exact) mass is 157 g/mol. The zero-order chi connectivity index (χ0) is 8.10. The van der Waals surface area contributed by atoms with Gasteiger partial charge in [0.25, 0.3) is 0 Å². The van der Waals surface area contributed by atoms with E-state index in [1.165, 1.54) is 12.8 Å². The van der Waals surface area contributed by atoms with Crippen molar-refractivity contribution in [1.82, 2.24) is 10.5 Å². The van der Waals surface area contributed by atoms with E-state index in [1.54, 1.807) is 7.11 Å². The number of hydrogen-bond acceptors (Lipinski definition) is 4. The molecule has 0 aromatic carbocycles. The van der Waals surface area contributed by atoms with Crippen LogP contribution < -0.4 is 5.53 Å². The second kappa shape index (κ2) is 4.31. The smallest absolute Gasteiger partial charge is 0.0637 e. The first kappa shape index (κ1) is 8.49. The van der Waals surface area contributed by atoms with Crippen molar-refractivity contribution >= 4 is 6.72 Å². The fourth-order valence-electron chi connectivity index (χ4n) is 1.42. The molecule has 1 fully saturated rings. The molecule has 1 aliphatic heterocycles. The Morgan fingerprint density at radius 2 is 2.64 bits per heavy atom. The summed E-state index contributed by atoms with van der Waals surface area (Å²) in [6.45, 7) is 5.18. The van der Waals surface area contributed by atoms with Gasteiger partial charge in [0.2, 0.25) is 0 Å². The number of nitrogens with one attached hydrogen (secondary N) is 1. The molecule has 1 heterocycles. The summed E-state index contributed by atoms with van der Waals surface area (Å²) >= 11 is 0. The standard InChI is InChI=1S/C7H15N3O/c1-8-9-10-5-3-4-7(10)6-11-2/h7,9H,1,3-6H2,2H3/t7-/m0/s1. The normalized spacial score (nSPS) is 25.4. The molecule has 11 heavy (non-hydrogen) atoms. The number of methoxy groups -OCH3 is 1. The number of nitrogens with zero attached hydrogens (tertiary/aromatic N) is 2. The topological polar surface area (TPSA) is 36.9 Å². The van der Waals surface area contributed by atoms with E-state index in [2.05, 4.69) is 22.4 Å². The van der Waals surface area contributed by atoms with Crippen LogP contribution in [-0.4, -0.2) is 38.0 Å². The summed E-state index contributed by atoms with van der Waals surface area (Å²) in [6.07, 6.45) is 2.38. The van der Waals surface area contributed by atoms with E-state index >= 15 is 0 Å². The molecular weight excluding hydrogens is 142 g/mol. The molecule has 4 heteroatoms. The number of rotatable bonds is 4. The molecular formula is C7H15N3O. The van der Waals surface area contributed by atoms with Gasteiger partial charge in [0.05, 0.1) is 12.6 Å². The minimum Gasteiger partial charge on any atom is -0.383 e. The number of hydrazine groups is 1. The first-order chi connectivity index (χ1) is 5.38. The highest BCUT2D eigenvalue weighted by Crippen LogP contribution is 2.14. The molecule has 0 spiro atoms. The highest BCUT2D eigenvalue weighted by molar-refractivity contribution is 5.22. The van der Waals surface area contributed by atoms with E-state index < -0.39 is 0 Å². The Labute approximate surface area is 67.2 Å². The van der Waals surface area contributed by atoms with Crippen LogP contribution in [0.25, 0.3) is 0 Å². The van der Waals surface area contributed by atoms with Crippen LogP contribution in [0.4, 0.5) is 0 Å². The molecule has 0 aromatic heterocycles. The van der Waals surface area contributed by atoms with Crippen LogP contribution >= 0.6 is 0 Å². The molecule has 0 bridgehead atoms. The van der Waals surface area contributed by atoms with Crippen LogP contribution in [0.5, 0.6) is 0 Å². The van der Waals surface area contributed by atoms with E-state index in [-0.39, 0.29) is 0 Å². The van der Waals surface area contributed by atoms with Crippen molar-refractivity contribution in [1.29, 1.82) is 0 Å². The Hall–Kier alpha value is -0.610. The zero-order valence-corrected chi connectivity index (χ0v) is 6.92. The quantitative estimate of drug-likeness (QED) is 0.468. The third-order valence-corrected chi connectivity index (χ3v) is 1.94. The largest absolute Gasteiger partial charge is 0.383 e. The lowest BCUT2D eigenvalue weighted by Gasteiger charge is -2.21. The number of hydrazone groups is 1. The van der Waals surface area contributed by atoms with Crippen LogP contribution in [0.1, 0.15) is 12.8 Å². The third kappa shape index (κ3) is 2.17. The summed E-state index contributed by atoms with van der Waals surface area (Å²) in [7, 11) is 1.72. The lowest BCUT2D eigenvalue weighted by Crippen LogP contribution is -2.40. The molecule has 0 unspecified atom stereocenters. The molecule has 0 amide bonds. The Balaban J connectivity index is 2.31. The number of ether oxygens (including phenoxy) is 1. The van der Waals surface area contributed by atoms with Gasteiger partial charge in [-0.15, -0.1) is 0 Å². The van der Waals surface area contributed by atoms with Crippen LogP contribution in [0, 0.1) is 0 Å². The molecule has 1 atom stereocenters. The second-order valence-corrected chi connectivity index (χ2v) is 2.70. The molecule has 0 saturated carbocycles. The minimum atomic E-state index is 0.463. The van der Waals surface area contributed by atoms with Gasteiger partial charge in [-0.1, -0.05) is 0 Å². The summed E-state index contributed by atoms with van der Waals surface area (Å²) < 4.78 is 5.06. The molecule has 0 aromatic rings. The Morgan fingerprint density at radius 3 is 3.27 bits per heavy atom. The molecule has 1 N–H and O–H groups in total. The minimum absolute atomic E-state index is 0.463. The van der Waals surface area contributed by atoms with Gasteiger partial charge in [0.15, 0.2) is 0 Å². The predicted molar refractivity (Wildman–Crippen MR) is 44.3 cm³/mol. The molecule has 1 rings (SSSR count). The molecule has 1 saturated heterocycles. The molecule has 0 radical (unpaired) electrons. The van der Waals surface area contributed by atoms with Gasteiger partial charge in [0, 0.05) is 20.4 Å². The fraction of sp³-hybridized carbons (Fsp3) is 0.857. The summed E-state index contributed by atoms with van der Waals surface area (Å²) in [5, 5.41) is 5.69. The zero-order valence-electron chi connectivity index (χ0n) is 6.92. The molecule has 64 valence electrons. The third-order valence-electron chi connectivity index (χ3n) is 1.94. The van der Waals surface area contributed by atoms with E-state index in [9.17, 15) is 0 Å². The second-order valence-electron chi connectivity index (χ2n) is 2.70. The van der Waals surface area contributed by atoms with Crippen molar-refractivity contribution in [3.63, 3.8) is 0 Å². The van der Waals surface area contributed by atoms with Crippen molar-refractivity contribution in [2.24, 2.45) is 5.10 Å². The summed E-state index contributed by atoms with van der Waals surface area (Å²) in [6, 6.07) is 0.463. The Bertz CT molecular complexity index is 129. The van der Waals surface area contributed by atoms with Gasteiger partial charge in [-0.25, -0.2) is 10.5 Å². The van der Waals surface area contributed by atoms with Crippen molar-refractivity contribution < 1.29 is 4.74 Å². The predicted octanol–water partition coefficient (Wildman–Crippen LogP) is 0.217. The summed E-state index contributed by atoms with van der Waals surface area (Å²) in [5.41, 5.74) is 2.85. The fourth-order valence-corrected chi connectivity index (χ4v) is 1.42. The van der Waals surface area contributed by atoms with Crippen LogP contribution in [-0.2, 0) is 4.74 Å². The number of hydrogen-bond donors (Lipinski definition) is 1. The van der Waals surface area contributed by atoms with Crippen LogP contribution in [0.2, 0.25) is 0 Å². The van der Waals surface area contributed by atoms with E-state index in [0.29, 0.717) is 6.04 Å². The average Bonchev–Trinajstić information content (AvgIpc) is 2.39. The SMILES string of the molecule is C=NNN1CCC[C@H]1COC. The molecule has 0 aliphatic carbocycles. The van der Waals surface area contributed by atoms with Crippen molar-refractivity contribution in [2.45, 2.75) is 18.9 Å². The van der Waals surface area contributed by atoms with Gasteiger partial charge in [-0.05, 0) is 12.8 Å². The van der Waals surface area contributed by atoms with E-state index in [1.807, 2.05) is 0 Å². The highest BCUT2D eigenvalue weighted by Gasteiger charge is 2.23. The Kier molecular flexibility index (Phi) is 3.32. The van der Waals surface area contributed by atoms with Gasteiger partial charge < -0.3 is 4.74 Å². The summed E-state index contributed by atoms with van der Waals surface area (Å²) in [5.74, 6) is 0. The molecule has 4 nitrogen and oxygen atoms in total. The molecule has 1 aliphatic rings. The highest BCUT2D eigenvalue weighted by atomic mass is 16.5. The van der Waals surface area contributed by atoms with Gasteiger partial charge in [-0.3, -0.25) is 0 Å². The summed E-state index contributed by atoms with van der Waals surface area (Å²) in [4.78, 5) is 0. The van der Waals surface area contributed by atoms with Crippen molar-refractivity contribution in [3.05, 3.63) is 0 Å². The van der Waals surface area contributed by atoms with Crippen molar-refractivity contribution in [2.75, 3.05) is 20.3 Å². The lowest BCUT2D eigenvalue weighted by molar-refractivity contribution is 0.0851. The Morgan fingerprint density at radius 1 is 1.82 bits per heavy atom. The average molecular weight is 157 g/mol. The van der Waals surface area contributed by atoms with Crippen LogP contribution in [0.3, 0.4) is 0 Å². The first-order valence-electron chi connectivity index (χ1n) is 3.85. The van der Waals surface area contributed by atoms with Crippen LogP contribution in [0.15, 0.2) is 5.10 Å². The maximum atomic E-state index is 5.06. The van der Waals surface area contributed by atoms with Gasteiger partial charge >= 0.3 is 0 Å². The van der Waals surface area contributed by atoms with E-state index in [0.717, 1.165) is 13.2 Å². The maximum absolute atomic E-state index is 5.06. The maximum Gasteiger partial charge on any atom is 0.0637 e. The van der Waals surface area contributed by atoms with Gasteiger partial charge in [0.1, 0.15) is 0 Å². The lowest BCUT2D eigenvalue weighted by atomic mass is 10.2. The van der Waals surface area contributed by atoms with Gasteiger partial charge in [-0.2, -0.15) is 5.10 Å². The van der Waals surface area contributed by atoms with E-state index in [4.69, 9.17) is 4.74 Å². The van der Waals surface area contributed by atoms with Crippen molar-refractivity contribution in [3.8, 4) is 0 Å².